The van der Waals surface area contributed by atoms with Gasteiger partial charge < -0.3 is 9.30 Å². The number of aromatic nitrogens is 5. The van der Waals surface area contributed by atoms with Crippen molar-refractivity contribution in [1.29, 1.82) is 0 Å². The molecule has 3 aromatic rings. The molecule has 2 fully saturated rings. The Bertz CT molecular complexity index is 985. The lowest BCUT2D eigenvalue weighted by Gasteiger charge is -2.32. The molecule has 1 unspecified atom stereocenters. The largest absolute Gasteiger partial charge is 0.337 e. The van der Waals surface area contributed by atoms with E-state index in [-0.39, 0.29) is 5.91 Å². The second-order valence-electron chi connectivity index (χ2n) is 7.95. The number of pyridine rings is 1. The number of amides is 1. The average Bonchev–Trinajstić information content (AvgIpc) is 3.26. The first-order chi connectivity index (χ1) is 13.2. The fourth-order valence-electron chi connectivity index (χ4n) is 4.05. The monoisotopic (exact) mass is 364 g/mol. The van der Waals surface area contributed by atoms with Crippen molar-refractivity contribution in [2.75, 3.05) is 13.1 Å². The number of piperidine rings is 1. The van der Waals surface area contributed by atoms with Crippen LogP contribution in [0.1, 0.15) is 53.3 Å². The molecule has 0 spiro atoms. The standard InChI is InChI=1S/C20H24N6O/c1-14-4-2-8-24-12-18(21-19(14)24)20(27)25-9-3-5-15(10-25)11-26-13-17(22-23-26)16-6-7-16/h2,4,8,12-13,15-16H,3,5-7,9-11H2,1H3. The van der Waals surface area contributed by atoms with Crippen LogP contribution in [0.15, 0.2) is 30.7 Å². The van der Waals surface area contributed by atoms with Crippen LogP contribution in [0.2, 0.25) is 0 Å². The summed E-state index contributed by atoms with van der Waals surface area (Å²) in [4.78, 5) is 19.5. The lowest BCUT2D eigenvalue weighted by Crippen LogP contribution is -2.41. The van der Waals surface area contributed by atoms with Crippen molar-refractivity contribution in [1.82, 2.24) is 29.3 Å². The summed E-state index contributed by atoms with van der Waals surface area (Å²) in [5.41, 5.74) is 3.58. The molecule has 5 rings (SSSR count). The van der Waals surface area contributed by atoms with Crippen LogP contribution < -0.4 is 0 Å². The van der Waals surface area contributed by atoms with Crippen molar-refractivity contribution in [2.45, 2.75) is 45.1 Å². The number of likely N-dealkylation sites (tertiary alicyclic amines) is 1. The average molecular weight is 364 g/mol. The van der Waals surface area contributed by atoms with Gasteiger partial charge in [0, 0.05) is 44.1 Å². The van der Waals surface area contributed by atoms with E-state index in [9.17, 15) is 4.79 Å². The smallest absolute Gasteiger partial charge is 0.274 e. The molecule has 27 heavy (non-hydrogen) atoms. The van der Waals surface area contributed by atoms with Crippen molar-refractivity contribution in [3.8, 4) is 0 Å². The minimum Gasteiger partial charge on any atom is -0.337 e. The molecular weight excluding hydrogens is 340 g/mol. The van der Waals surface area contributed by atoms with Crippen LogP contribution >= 0.6 is 0 Å². The lowest BCUT2D eigenvalue weighted by atomic mass is 9.98. The molecule has 0 aromatic carbocycles. The summed E-state index contributed by atoms with van der Waals surface area (Å²) in [7, 11) is 0. The summed E-state index contributed by atoms with van der Waals surface area (Å²) in [5, 5.41) is 8.58. The molecule has 140 valence electrons. The van der Waals surface area contributed by atoms with Gasteiger partial charge in [-0.1, -0.05) is 11.3 Å². The van der Waals surface area contributed by atoms with Gasteiger partial charge in [0.1, 0.15) is 11.3 Å². The highest BCUT2D eigenvalue weighted by molar-refractivity contribution is 5.93. The highest BCUT2D eigenvalue weighted by Crippen LogP contribution is 2.38. The van der Waals surface area contributed by atoms with E-state index in [1.165, 1.54) is 12.8 Å². The highest BCUT2D eigenvalue weighted by atomic mass is 16.2. The first-order valence-corrected chi connectivity index (χ1v) is 9.81. The van der Waals surface area contributed by atoms with Gasteiger partial charge in [-0.15, -0.1) is 5.10 Å². The maximum atomic E-state index is 13.0. The van der Waals surface area contributed by atoms with E-state index in [1.807, 2.05) is 45.4 Å². The van der Waals surface area contributed by atoms with E-state index < -0.39 is 0 Å². The lowest BCUT2D eigenvalue weighted by molar-refractivity contribution is 0.0654. The third-order valence-corrected chi connectivity index (χ3v) is 5.70. The number of rotatable bonds is 4. The molecule has 3 aromatic heterocycles. The first kappa shape index (κ1) is 16.5. The molecule has 1 saturated carbocycles. The number of carbonyl (C=O) groups is 1. The van der Waals surface area contributed by atoms with Crippen LogP contribution in [0.25, 0.3) is 5.65 Å². The molecule has 1 aliphatic carbocycles. The fourth-order valence-corrected chi connectivity index (χ4v) is 4.05. The van der Waals surface area contributed by atoms with Crippen molar-refractivity contribution in [3.63, 3.8) is 0 Å². The van der Waals surface area contributed by atoms with Gasteiger partial charge >= 0.3 is 0 Å². The summed E-state index contributed by atoms with van der Waals surface area (Å²) < 4.78 is 3.89. The highest BCUT2D eigenvalue weighted by Gasteiger charge is 2.29. The minimum atomic E-state index is 0.0278. The van der Waals surface area contributed by atoms with Gasteiger partial charge in [-0.25, -0.2) is 4.98 Å². The van der Waals surface area contributed by atoms with Gasteiger partial charge in [-0.05, 0) is 50.2 Å². The zero-order chi connectivity index (χ0) is 18.4. The minimum absolute atomic E-state index is 0.0278. The normalized spacial score (nSPS) is 20.3. The summed E-state index contributed by atoms with van der Waals surface area (Å²) in [6, 6.07) is 3.99. The Balaban J connectivity index is 1.29. The van der Waals surface area contributed by atoms with Crippen molar-refractivity contribution in [3.05, 3.63) is 47.7 Å². The summed E-state index contributed by atoms with van der Waals surface area (Å²) in [6.07, 6.45) is 10.5. The Morgan fingerprint density at radius 2 is 2.15 bits per heavy atom. The van der Waals surface area contributed by atoms with Crippen LogP contribution in [0, 0.1) is 12.8 Å². The molecule has 1 saturated heterocycles. The van der Waals surface area contributed by atoms with E-state index in [0.29, 0.717) is 17.5 Å². The second kappa shape index (κ2) is 6.48. The molecule has 7 nitrogen and oxygen atoms in total. The van der Waals surface area contributed by atoms with Crippen molar-refractivity contribution in [2.24, 2.45) is 5.92 Å². The third-order valence-electron chi connectivity index (χ3n) is 5.70. The number of fused-ring (bicyclic) bond motifs is 1. The molecule has 0 bridgehead atoms. The van der Waals surface area contributed by atoms with E-state index in [2.05, 4.69) is 21.5 Å². The van der Waals surface area contributed by atoms with Crippen LogP contribution in [-0.4, -0.2) is 48.3 Å². The zero-order valence-electron chi connectivity index (χ0n) is 15.6. The molecule has 4 heterocycles. The quantitative estimate of drug-likeness (QED) is 0.714. The number of hydrogen-bond donors (Lipinski definition) is 0. The number of imidazole rings is 1. The molecule has 7 heteroatoms. The maximum absolute atomic E-state index is 13.0. The topological polar surface area (TPSA) is 68.3 Å². The van der Waals surface area contributed by atoms with Crippen LogP contribution in [0.3, 0.4) is 0 Å². The van der Waals surface area contributed by atoms with Crippen LogP contribution in [-0.2, 0) is 6.54 Å². The Morgan fingerprint density at radius 3 is 2.96 bits per heavy atom. The molecular formula is C20H24N6O. The summed E-state index contributed by atoms with van der Waals surface area (Å²) in [5.74, 6) is 1.07. The molecule has 2 aliphatic rings. The number of nitrogens with zero attached hydrogens (tertiary/aromatic N) is 6. The molecule has 1 atom stereocenters. The molecule has 1 amide bonds. The third kappa shape index (κ3) is 3.22. The summed E-state index contributed by atoms with van der Waals surface area (Å²) >= 11 is 0. The van der Waals surface area contributed by atoms with Gasteiger partial charge in [0.25, 0.3) is 5.91 Å². The predicted octanol–water partition coefficient (Wildman–Crippen LogP) is 2.66. The number of carbonyl (C=O) groups excluding carboxylic acids is 1. The maximum Gasteiger partial charge on any atom is 0.274 e. The zero-order valence-corrected chi connectivity index (χ0v) is 15.6. The van der Waals surface area contributed by atoms with Crippen LogP contribution in [0.4, 0.5) is 0 Å². The molecule has 0 radical (unpaired) electrons. The number of hydrogen-bond acceptors (Lipinski definition) is 4. The van der Waals surface area contributed by atoms with E-state index >= 15 is 0 Å². The van der Waals surface area contributed by atoms with Gasteiger partial charge in [0.2, 0.25) is 0 Å². The number of aryl methyl sites for hydroxylation is 1. The predicted molar refractivity (Wildman–Crippen MR) is 101 cm³/mol. The Labute approximate surface area is 158 Å². The van der Waals surface area contributed by atoms with Gasteiger partial charge in [0.15, 0.2) is 0 Å². The van der Waals surface area contributed by atoms with Gasteiger partial charge in [-0.2, -0.15) is 0 Å². The molecule has 1 aliphatic heterocycles. The SMILES string of the molecule is Cc1cccn2cc(C(=O)N3CCCC(Cn4cc(C5CC5)nn4)C3)nc12. The molecule has 0 N–H and O–H groups in total. The second-order valence-corrected chi connectivity index (χ2v) is 7.95. The van der Waals surface area contributed by atoms with E-state index in [0.717, 1.165) is 49.4 Å². The Hall–Kier alpha value is -2.70. The summed E-state index contributed by atoms with van der Waals surface area (Å²) in [6.45, 7) is 4.40. The van der Waals surface area contributed by atoms with Gasteiger partial charge in [-0.3, -0.25) is 9.48 Å². The fraction of sp³-hybridized carbons (Fsp3) is 0.500. The Kier molecular flexibility index (Phi) is 3.95. The first-order valence-electron chi connectivity index (χ1n) is 9.81. The Morgan fingerprint density at radius 1 is 1.26 bits per heavy atom. The van der Waals surface area contributed by atoms with E-state index in [4.69, 9.17) is 0 Å². The van der Waals surface area contributed by atoms with E-state index in [1.54, 1.807) is 0 Å². The van der Waals surface area contributed by atoms with Crippen molar-refractivity contribution < 1.29 is 4.79 Å². The van der Waals surface area contributed by atoms with Gasteiger partial charge in [0.05, 0.1) is 5.69 Å². The van der Waals surface area contributed by atoms with Crippen LogP contribution in [0.5, 0.6) is 0 Å². The van der Waals surface area contributed by atoms with Crippen molar-refractivity contribution >= 4 is 11.6 Å².